The van der Waals surface area contributed by atoms with E-state index < -0.39 is 5.60 Å². The minimum absolute atomic E-state index is 0.0125. The molecule has 2 aliphatic carbocycles. The molecule has 1 saturated heterocycles. The summed E-state index contributed by atoms with van der Waals surface area (Å²) >= 11 is 0. The van der Waals surface area contributed by atoms with Gasteiger partial charge in [0.05, 0.1) is 18.1 Å². The summed E-state index contributed by atoms with van der Waals surface area (Å²) in [7, 11) is 0. The Morgan fingerprint density at radius 3 is 2.89 bits per heavy atom. The van der Waals surface area contributed by atoms with Gasteiger partial charge in [-0.2, -0.15) is 0 Å². The average molecular weight is 266 g/mol. The van der Waals surface area contributed by atoms with E-state index in [1.165, 1.54) is 0 Å². The van der Waals surface area contributed by atoms with Crippen molar-refractivity contribution in [3.8, 4) is 0 Å². The second-order valence-corrected chi connectivity index (χ2v) is 6.48. The molecule has 0 spiro atoms. The third-order valence-corrected chi connectivity index (χ3v) is 5.60. The molecular formula is C15H22O4. The molecule has 3 aliphatic rings. The van der Waals surface area contributed by atoms with Gasteiger partial charge in [0, 0.05) is 17.8 Å². The van der Waals surface area contributed by atoms with Crippen LogP contribution in [-0.4, -0.2) is 34.5 Å². The SMILES string of the molecule is C=C1CC[C@@H]2[C@H]1[C@H]1OC(=O)[C@@H](C)C1CC[C@@]2(O)CO. The van der Waals surface area contributed by atoms with Gasteiger partial charge in [0.2, 0.25) is 0 Å². The molecule has 1 heterocycles. The molecule has 4 nitrogen and oxygen atoms in total. The fourth-order valence-electron chi connectivity index (χ4n) is 4.38. The lowest BCUT2D eigenvalue weighted by Gasteiger charge is -2.35. The molecule has 0 aromatic carbocycles. The summed E-state index contributed by atoms with van der Waals surface area (Å²) in [5.41, 5.74) is 0.0243. The summed E-state index contributed by atoms with van der Waals surface area (Å²) in [6.07, 6.45) is 2.81. The molecule has 1 unspecified atom stereocenters. The van der Waals surface area contributed by atoms with Crippen molar-refractivity contribution in [1.82, 2.24) is 0 Å². The summed E-state index contributed by atoms with van der Waals surface area (Å²) in [5, 5.41) is 20.3. The summed E-state index contributed by atoms with van der Waals surface area (Å²) in [5.74, 6) is -0.102. The van der Waals surface area contributed by atoms with E-state index in [1.54, 1.807) is 0 Å². The van der Waals surface area contributed by atoms with Crippen LogP contribution in [0.1, 0.15) is 32.6 Å². The third kappa shape index (κ3) is 1.77. The number of esters is 1. The van der Waals surface area contributed by atoms with Gasteiger partial charge in [-0.25, -0.2) is 0 Å². The highest BCUT2D eigenvalue weighted by Crippen LogP contribution is 2.53. The number of aliphatic hydroxyl groups is 2. The zero-order valence-corrected chi connectivity index (χ0v) is 11.3. The topological polar surface area (TPSA) is 66.8 Å². The fourth-order valence-corrected chi connectivity index (χ4v) is 4.38. The van der Waals surface area contributed by atoms with Crippen molar-refractivity contribution >= 4 is 5.97 Å². The Balaban J connectivity index is 1.99. The lowest BCUT2D eigenvalue weighted by molar-refractivity contribution is -0.147. The van der Waals surface area contributed by atoms with Gasteiger partial charge in [-0.15, -0.1) is 0 Å². The Hall–Kier alpha value is -0.870. The van der Waals surface area contributed by atoms with E-state index in [2.05, 4.69) is 6.58 Å². The van der Waals surface area contributed by atoms with Crippen molar-refractivity contribution in [2.45, 2.75) is 44.3 Å². The van der Waals surface area contributed by atoms with Gasteiger partial charge >= 0.3 is 5.97 Å². The number of ether oxygens (including phenoxy) is 1. The van der Waals surface area contributed by atoms with E-state index in [9.17, 15) is 15.0 Å². The number of hydrogen-bond acceptors (Lipinski definition) is 4. The van der Waals surface area contributed by atoms with E-state index in [0.717, 1.165) is 24.8 Å². The van der Waals surface area contributed by atoms with Crippen molar-refractivity contribution < 1.29 is 19.7 Å². The van der Waals surface area contributed by atoms with Crippen LogP contribution < -0.4 is 0 Å². The van der Waals surface area contributed by atoms with E-state index in [4.69, 9.17) is 4.74 Å². The number of rotatable bonds is 1. The third-order valence-electron chi connectivity index (χ3n) is 5.60. The number of hydrogen-bond donors (Lipinski definition) is 2. The van der Waals surface area contributed by atoms with Crippen LogP contribution in [0, 0.1) is 23.7 Å². The molecule has 1 aliphatic heterocycles. The van der Waals surface area contributed by atoms with Crippen molar-refractivity contribution in [3.05, 3.63) is 12.2 Å². The average Bonchev–Trinajstić information content (AvgIpc) is 2.86. The molecule has 0 bridgehead atoms. The van der Waals surface area contributed by atoms with E-state index in [-0.39, 0.29) is 42.4 Å². The van der Waals surface area contributed by atoms with Crippen molar-refractivity contribution in [2.75, 3.05) is 6.61 Å². The second kappa shape index (κ2) is 4.32. The number of aliphatic hydroxyl groups excluding tert-OH is 1. The van der Waals surface area contributed by atoms with Gasteiger partial charge in [-0.3, -0.25) is 4.79 Å². The van der Waals surface area contributed by atoms with Gasteiger partial charge in [-0.05, 0) is 25.7 Å². The van der Waals surface area contributed by atoms with Crippen molar-refractivity contribution in [2.24, 2.45) is 23.7 Å². The Morgan fingerprint density at radius 1 is 1.47 bits per heavy atom. The van der Waals surface area contributed by atoms with Gasteiger partial charge < -0.3 is 14.9 Å². The first-order chi connectivity index (χ1) is 8.98. The first kappa shape index (κ1) is 13.1. The maximum Gasteiger partial charge on any atom is 0.309 e. The monoisotopic (exact) mass is 266 g/mol. The maximum absolute atomic E-state index is 11.8. The van der Waals surface area contributed by atoms with Crippen LogP contribution in [-0.2, 0) is 9.53 Å². The molecule has 19 heavy (non-hydrogen) atoms. The lowest BCUT2D eigenvalue weighted by Crippen LogP contribution is -2.44. The molecule has 4 heteroatoms. The van der Waals surface area contributed by atoms with Crippen LogP contribution in [0.4, 0.5) is 0 Å². The number of fused-ring (bicyclic) bond motifs is 3. The first-order valence-corrected chi connectivity index (χ1v) is 7.19. The standard InChI is InChI=1S/C15H22O4/c1-8-3-4-11-12(8)13-10(9(2)14(17)19-13)5-6-15(11,18)7-16/h9-13,16,18H,1,3-7H2,2H3/t9-,10?,11+,12-,13-,15+/m0/s1. The molecule has 106 valence electrons. The van der Waals surface area contributed by atoms with Crippen LogP contribution in [0.3, 0.4) is 0 Å². The molecule has 0 aromatic rings. The second-order valence-electron chi connectivity index (χ2n) is 6.48. The predicted octanol–water partition coefficient (Wildman–Crippen LogP) is 1.26. The highest BCUT2D eigenvalue weighted by Gasteiger charge is 2.57. The minimum atomic E-state index is -1.04. The lowest BCUT2D eigenvalue weighted by atomic mass is 9.77. The highest BCUT2D eigenvalue weighted by molar-refractivity contribution is 5.75. The number of carbonyl (C=O) groups is 1. The summed E-state index contributed by atoms with van der Waals surface area (Å²) in [6, 6.07) is 0. The van der Waals surface area contributed by atoms with Crippen LogP contribution in [0.25, 0.3) is 0 Å². The molecule has 0 radical (unpaired) electrons. The molecule has 2 N–H and O–H groups in total. The fraction of sp³-hybridized carbons (Fsp3) is 0.800. The van der Waals surface area contributed by atoms with E-state index >= 15 is 0 Å². The molecule has 3 fully saturated rings. The summed E-state index contributed by atoms with van der Waals surface area (Å²) in [4.78, 5) is 11.8. The Kier molecular flexibility index (Phi) is 2.98. The minimum Gasteiger partial charge on any atom is -0.461 e. The van der Waals surface area contributed by atoms with Gasteiger partial charge in [0.15, 0.2) is 0 Å². The number of carbonyl (C=O) groups excluding carboxylic acids is 1. The molecule has 6 atom stereocenters. The van der Waals surface area contributed by atoms with Crippen LogP contribution >= 0.6 is 0 Å². The quantitative estimate of drug-likeness (QED) is 0.554. The molecule has 3 rings (SSSR count). The largest absolute Gasteiger partial charge is 0.461 e. The van der Waals surface area contributed by atoms with Crippen molar-refractivity contribution in [3.63, 3.8) is 0 Å². The van der Waals surface area contributed by atoms with Crippen LogP contribution in [0.5, 0.6) is 0 Å². The van der Waals surface area contributed by atoms with E-state index in [1.807, 2.05) is 6.92 Å². The Morgan fingerprint density at radius 2 is 2.21 bits per heavy atom. The molecule has 2 saturated carbocycles. The van der Waals surface area contributed by atoms with Crippen molar-refractivity contribution in [1.29, 1.82) is 0 Å². The predicted molar refractivity (Wildman–Crippen MR) is 69.2 cm³/mol. The van der Waals surface area contributed by atoms with Gasteiger partial charge in [0.25, 0.3) is 0 Å². The Labute approximate surface area is 113 Å². The highest BCUT2D eigenvalue weighted by atomic mass is 16.6. The van der Waals surface area contributed by atoms with E-state index in [0.29, 0.717) is 6.42 Å². The zero-order chi connectivity index (χ0) is 13.8. The zero-order valence-electron chi connectivity index (χ0n) is 11.3. The smallest absolute Gasteiger partial charge is 0.309 e. The Bertz CT molecular complexity index is 418. The van der Waals surface area contributed by atoms with Gasteiger partial charge in [0.1, 0.15) is 6.10 Å². The molecule has 0 aromatic heterocycles. The maximum atomic E-state index is 11.8. The summed E-state index contributed by atoms with van der Waals surface area (Å²) < 4.78 is 5.59. The van der Waals surface area contributed by atoms with Crippen LogP contribution in [0.15, 0.2) is 12.2 Å². The molecular weight excluding hydrogens is 244 g/mol. The van der Waals surface area contributed by atoms with Gasteiger partial charge in [-0.1, -0.05) is 19.1 Å². The van der Waals surface area contributed by atoms with Crippen LogP contribution in [0.2, 0.25) is 0 Å². The first-order valence-electron chi connectivity index (χ1n) is 7.19. The normalized spacial score (nSPS) is 49.5. The molecule has 0 amide bonds. The summed E-state index contributed by atoms with van der Waals surface area (Å²) in [6.45, 7) is 5.79.